The number of fused-ring (bicyclic) bond motifs is 1. The first-order chi connectivity index (χ1) is 18.4. The number of aliphatic hydroxyl groups excluding tert-OH is 1. The van der Waals surface area contributed by atoms with Crippen molar-refractivity contribution in [3.8, 4) is 0 Å². The summed E-state index contributed by atoms with van der Waals surface area (Å²) >= 11 is 12.1. The molecule has 11 heteroatoms. The maximum Gasteiger partial charge on any atom is 0.256 e. The van der Waals surface area contributed by atoms with Crippen molar-refractivity contribution in [2.75, 3.05) is 18.4 Å². The van der Waals surface area contributed by atoms with E-state index >= 15 is 0 Å². The van der Waals surface area contributed by atoms with Gasteiger partial charge in [-0.25, -0.2) is 8.42 Å². The SMILES string of the molecule is Cc1[nH]c(/C=C2\C(=O)Nc3ccc(S(=O)(=O)Cc4cc(Cl)cc(Cl)c4)cc32)c(C)c1C(=O)N1CCC(O)CC1. The monoisotopic (exact) mass is 587 g/mol. The van der Waals surface area contributed by atoms with Gasteiger partial charge in [0.2, 0.25) is 0 Å². The Labute approximate surface area is 236 Å². The molecule has 0 radical (unpaired) electrons. The van der Waals surface area contributed by atoms with E-state index < -0.39 is 9.84 Å². The second-order valence-corrected chi connectivity index (χ2v) is 12.8. The molecule has 0 atom stereocenters. The van der Waals surface area contributed by atoms with E-state index in [4.69, 9.17) is 23.2 Å². The molecule has 0 bridgehead atoms. The number of piperidine rings is 1. The molecule has 3 heterocycles. The van der Waals surface area contributed by atoms with Crippen LogP contribution >= 0.6 is 23.2 Å². The highest BCUT2D eigenvalue weighted by Gasteiger charge is 2.30. The van der Waals surface area contributed by atoms with Gasteiger partial charge in [-0.05, 0) is 80.3 Å². The lowest BCUT2D eigenvalue weighted by molar-refractivity contribution is -0.110. The fourth-order valence-electron chi connectivity index (χ4n) is 5.11. The third kappa shape index (κ3) is 5.49. The summed E-state index contributed by atoms with van der Waals surface area (Å²) < 4.78 is 26.5. The van der Waals surface area contributed by atoms with Crippen molar-refractivity contribution in [3.05, 3.63) is 80.1 Å². The van der Waals surface area contributed by atoms with E-state index in [1.54, 1.807) is 36.1 Å². The van der Waals surface area contributed by atoms with E-state index in [-0.39, 0.29) is 34.1 Å². The average molecular weight is 589 g/mol. The molecule has 2 aromatic carbocycles. The van der Waals surface area contributed by atoms with Crippen LogP contribution in [0.3, 0.4) is 0 Å². The molecule has 204 valence electrons. The zero-order valence-corrected chi connectivity index (χ0v) is 23.7. The van der Waals surface area contributed by atoms with Crippen LogP contribution in [0.4, 0.5) is 5.69 Å². The number of nitrogens with one attached hydrogen (secondary N) is 2. The summed E-state index contributed by atoms with van der Waals surface area (Å²) in [4.78, 5) is 31.2. The van der Waals surface area contributed by atoms with E-state index in [1.807, 2.05) is 6.92 Å². The Hall–Kier alpha value is -3.11. The molecule has 2 aliphatic rings. The van der Waals surface area contributed by atoms with Gasteiger partial charge in [-0.15, -0.1) is 0 Å². The van der Waals surface area contributed by atoms with Crippen LogP contribution in [0.5, 0.6) is 0 Å². The third-order valence-corrected chi connectivity index (χ3v) is 9.26. The predicted octanol–water partition coefficient (Wildman–Crippen LogP) is 5.00. The fourth-order valence-corrected chi connectivity index (χ4v) is 7.03. The van der Waals surface area contributed by atoms with Crippen LogP contribution in [0.15, 0.2) is 41.3 Å². The lowest BCUT2D eigenvalue weighted by Gasteiger charge is -2.29. The largest absolute Gasteiger partial charge is 0.393 e. The minimum absolute atomic E-state index is 0.0577. The number of aromatic nitrogens is 1. The van der Waals surface area contributed by atoms with Crippen molar-refractivity contribution >= 4 is 62.2 Å². The molecular weight excluding hydrogens is 561 g/mol. The molecule has 3 aromatic rings. The molecule has 1 aromatic heterocycles. The highest BCUT2D eigenvalue weighted by atomic mass is 35.5. The number of aryl methyl sites for hydroxylation is 1. The first-order valence-electron chi connectivity index (χ1n) is 12.4. The van der Waals surface area contributed by atoms with Crippen molar-refractivity contribution in [3.63, 3.8) is 0 Å². The number of hydrogen-bond donors (Lipinski definition) is 3. The number of anilines is 1. The van der Waals surface area contributed by atoms with E-state index in [0.717, 1.165) is 0 Å². The summed E-state index contributed by atoms with van der Waals surface area (Å²) in [5.41, 5.74) is 4.19. The second-order valence-electron chi connectivity index (χ2n) is 9.94. The minimum atomic E-state index is -3.78. The summed E-state index contributed by atoms with van der Waals surface area (Å²) in [6, 6.07) is 9.14. The molecule has 8 nitrogen and oxygen atoms in total. The van der Waals surface area contributed by atoms with Crippen molar-refractivity contribution < 1.29 is 23.1 Å². The highest BCUT2D eigenvalue weighted by molar-refractivity contribution is 7.90. The molecule has 1 fully saturated rings. The maximum atomic E-state index is 13.2. The van der Waals surface area contributed by atoms with Gasteiger partial charge in [-0.1, -0.05) is 23.2 Å². The molecule has 1 saturated heterocycles. The zero-order chi connectivity index (χ0) is 28.1. The molecule has 0 aliphatic carbocycles. The molecule has 3 N–H and O–H groups in total. The van der Waals surface area contributed by atoms with Gasteiger partial charge in [0.1, 0.15) is 0 Å². The smallest absolute Gasteiger partial charge is 0.256 e. The Morgan fingerprint density at radius 3 is 2.44 bits per heavy atom. The molecular formula is C28H27Cl2N3O5S. The van der Waals surface area contributed by atoms with Crippen molar-refractivity contribution in [2.24, 2.45) is 0 Å². The van der Waals surface area contributed by atoms with E-state index in [9.17, 15) is 23.1 Å². The van der Waals surface area contributed by atoms with Crippen LogP contribution in [-0.4, -0.2) is 54.4 Å². The second kappa shape index (κ2) is 10.5. The molecule has 5 rings (SSSR count). The van der Waals surface area contributed by atoms with Gasteiger partial charge in [-0.2, -0.15) is 0 Å². The standard InChI is InChI=1S/C28H27Cl2N3O5S/c1-15-25(31-16(2)26(15)28(36)33-7-5-20(34)6-8-33)13-23-22-12-21(3-4-24(22)32-27(23)35)39(37,38)14-17-9-18(29)11-19(30)10-17/h3-4,9-13,20,31,34H,5-8,14H2,1-2H3,(H,32,35)/b23-13-. The summed E-state index contributed by atoms with van der Waals surface area (Å²) in [5, 5.41) is 13.2. The fraction of sp³-hybridized carbons (Fsp3) is 0.286. The normalized spacial score (nSPS) is 17.0. The highest BCUT2D eigenvalue weighted by Crippen LogP contribution is 2.36. The van der Waals surface area contributed by atoms with Gasteiger partial charge in [0.25, 0.3) is 11.8 Å². The Morgan fingerprint density at radius 1 is 1.10 bits per heavy atom. The lowest BCUT2D eigenvalue weighted by Crippen LogP contribution is -2.40. The van der Waals surface area contributed by atoms with Crippen LogP contribution in [0.1, 0.15) is 51.3 Å². The van der Waals surface area contributed by atoms with Crippen LogP contribution in [-0.2, 0) is 20.4 Å². The lowest BCUT2D eigenvalue weighted by atomic mass is 10.0. The molecule has 0 saturated carbocycles. The first-order valence-corrected chi connectivity index (χ1v) is 14.9. The number of H-pyrrole nitrogens is 1. The number of rotatable bonds is 5. The van der Waals surface area contributed by atoms with Gasteiger partial charge in [0.05, 0.1) is 27.9 Å². The number of amides is 2. The van der Waals surface area contributed by atoms with Crippen molar-refractivity contribution in [1.29, 1.82) is 0 Å². The van der Waals surface area contributed by atoms with Crippen molar-refractivity contribution in [2.45, 2.75) is 43.4 Å². The number of aliphatic hydroxyl groups is 1. The number of hydrogen-bond acceptors (Lipinski definition) is 5. The van der Waals surface area contributed by atoms with Gasteiger partial charge < -0.3 is 20.3 Å². The number of nitrogens with zero attached hydrogens (tertiary/aromatic N) is 1. The Balaban J connectivity index is 1.47. The van der Waals surface area contributed by atoms with Crippen LogP contribution in [0, 0.1) is 13.8 Å². The van der Waals surface area contributed by atoms with Gasteiger partial charge in [-0.3, -0.25) is 9.59 Å². The van der Waals surface area contributed by atoms with Gasteiger partial charge in [0, 0.05) is 45.8 Å². The molecule has 0 spiro atoms. The molecule has 2 amide bonds. The third-order valence-electron chi connectivity index (χ3n) is 7.14. The summed E-state index contributed by atoms with van der Waals surface area (Å²) in [7, 11) is -3.78. The Morgan fingerprint density at radius 2 is 1.77 bits per heavy atom. The summed E-state index contributed by atoms with van der Waals surface area (Å²) in [6.07, 6.45) is 2.34. The number of halogens is 2. The number of benzene rings is 2. The molecule has 2 aliphatic heterocycles. The average Bonchev–Trinajstić information content (AvgIpc) is 3.32. The van der Waals surface area contributed by atoms with E-state index in [2.05, 4.69) is 10.3 Å². The Bertz CT molecular complexity index is 1620. The zero-order valence-electron chi connectivity index (χ0n) is 21.3. The summed E-state index contributed by atoms with van der Waals surface area (Å²) in [6.45, 7) is 4.58. The first kappa shape index (κ1) is 27.5. The van der Waals surface area contributed by atoms with Gasteiger partial charge in [0.15, 0.2) is 9.84 Å². The molecule has 0 unspecified atom stereocenters. The van der Waals surface area contributed by atoms with E-state index in [1.165, 1.54) is 18.2 Å². The van der Waals surface area contributed by atoms with Crippen molar-refractivity contribution in [1.82, 2.24) is 9.88 Å². The quantitative estimate of drug-likeness (QED) is 0.363. The maximum absolute atomic E-state index is 13.2. The Kier molecular flexibility index (Phi) is 7.37. The minimum Gasteiger partial charge on any atom is -0.393 e. The van der Waals surface area contributed by atoms with Crippen LogP contribution in [0.2, 0.25) is 10.0 Å². The number of carbonyl (C=O) groups excluding carboxylic acids is 2. The topological polar surface area (TPSA) is 120 Å². The van der Waals surface area contributed by atoms with Crippen LogP contribution < -0.4 is 5.32 Å². The predicted molar refractivity (Wildman–Crippen MR) is 152 cm³/mol. The molecule has 39 heavy (non-hydrogen) atoms. The number of aromatic amines is 1. The van der Waals surface area contributed by atoms with Gasteiger partial charge >= 0.3 is 0 Å². The van der Waals surface area contributed by atoms with E-state index in [0.29, 0.717) is 75.3 Å². The van der Waals surface area contributed by atoms with Crippen LogP contribution in [0.25, 0.3) is 11.6 Å². The number of likely N-dealkylation sites (tertiary alicyclic amines) is 1. The number of sulfone groups is 1. The summed E-state index contributed by atoms with van der Waals surface area (Å²) in [5.74, 6) is -0.797. The number of carbonyl (C=O) groups is 2.